The third-order valence-corrected chi connectivity index (χ3v) is 2.10. The summed E-state index contributed by atoms with van der Waals surface area (Å²) in [6.45, 7) is 0.962. The molecular formula is C10H11Cl3O3. The first kappa shape index (κ1) is 15.5. The molecule has 0 heterocycles. The lowest BCUT2D eigenvalue weighted by atomic mass is 10.1. The first-order chi connectivity index (χ1) is 7.29. The minimum Gasteiger partial charge on any atom is -0.481 e. The van der Waals surface area contributed by atoms with Crippen molar-refractivity contribution in [1.82, 2.24) is 0 Å². The Bertz CT molecular complexity index is 343. The standard InChI is InChI=1S/C8H7Cl3O.C2H4O2/c9-8(10,11)7-4-2-1-3-6(7)5-12;1-2(3)4/h1-4,12H,5H2;1H3,(H,3,4). The molecule has 0 spiro atoms. The summed E-state index contributed by atoms with van der Waals surface area (Å²) in [4.78, 5) is 9.00. The van der Waals surface area contributed by atoms with Crippen LogP contribution in [0.25, 0.3) is 0 Å². The molecule has 0 aliphatic rings. The van der Waals surface area contributed by atoms with Crippen LogP contribution in [0.1, 0.15) is 18.1 Å². The molecule has 1 aromatic rings. The number of rotatable bonds is 1. The maximum atomic E-state index is 9.00. The number of hydrogen-bond donors (Lipinski definition) is 2. The zero-order valence-corrected chi connectivity index (χ0v) is 10.7. The molecule has 0 bridgehead atoms. The summed E-state index contributed by atoms with van der Waals surface area (Å²) >= 11 is 17.0. The number of alkyl halides is 3. The van der Waals surface area contributed by atoms with E-state index in [0.717, 1.165) is 6.92 Å². The second kappa shape index (κ2) is 6.97. The predicted octanol–water partition coefficient (Wildman–Crippen LogP) is 3.10. The highest BCUT2D eigenvalue weighted by Crippen LogP contribution is 2.39. The Kier molecular flexibility index (Phi) is 6.76. The first-order valence-electron chi connectivity index (χ1n) is 4.24. The van der Waals surface area contributed by atoms with Crippen molar-refractivity contribution in [2.45, 2.75) is 17.3 Å². The fourth-order valence-electron chi connectivity index (χ4n) is 0.935. The molecule has 0 unspecified atom stereocenters. The lowest BCUT2D eigenvalue weighted by Gasteiger charge is -2.14. The minimum atomic E-state index is -1.46. The number of aliphatic carboxylic acids is 1. The van der Waals surface area contributed by atoms with Crippen LogP contribution in [0.3, 0.4) is 0 Å². The second-order valence-electron chi connectivity index (χ2n) is 2.83. The van der Waals surface area contributed by atoms with Crippen LogP contribution in [0, 0.1) is 0 Å². The Hall–Kier alpha value is -0.480. The number of aliphatic hydroxyl groups is 1. The highest BCUT2D eigenvalue weighted by Gasteiger charge is 2.24. The zero-order chi connectivity index (χ0) is 12.8. The summed E-state index contributed by atoms with van der Waals surface area (Å²) in [5, 5.41) is 16.3. The van der Waals surface area contributed by atoms with Crippen LogP contribution in [0.2, 0.25) is 0 Å². The molecule has 0 radical (unpaired) electrons. The molecule has 1 aromatic carbocycles. The summed E-state index contributed by atoms with van der Waals surface area (Å²) < 4.78 is -1.46. The molecule has 16 heavy (non-hydrogen) atoms. The van der Waals surface area contributed by atoms with Crippen LogP contribution in [-0.2, 0) is 15.2 Å². The first-order valence-corrected chi connectivity index (χ1v) is 5.38. The van der Waals surface area contributed by atoms with Crippen LogP contribution >= 0.6 is 34.8 Å². The van der Waals surface area contributed by atoms with Gasteiger partial charge in [-0.1, -0.05) is 59.1 Å². The van der Waals surface area contributed by atoms with E-state index in [2.05, 4.69) is 0 Å². The van der Waals surface area contributed by atoms with E-state index in [9.17, 15) is 0 Å². The van der Waals surface area contributed by atoms with Crippen LogP contribution < -0.4 is 0 Å². The van der Waals surface area contributed by atoms with Crippen LogP contribution in [0.5, 0.6) is 0 Å². The van der Waals surface area contributed by atoms with E-state index in [4.69, 9.17) is 49.8 Å². The average molecular weight is 286 g/mol. The number of aliphatic hydroxyl groups excluding tert-OH is 1. The third kappa shape index (κ3) is 6.18. The van der Waals surface area contributed by atoms with Gasteiger partial charge in [0.1, 0.15) is 0 Å². The maximum absolute atomic E-state index is 9.00. The quantitative estimate of drug-likeness (QED) is 0.780. The molecule has 0 saturated carbocycles. The molecule has 0 aliphatic heterocycles. The van der Waals surface area contributed by atoms with Gasteiger partial charge in [-0.05, 0) is 5.56 Å². The van der Waals surface area contributed by atoms with E-state index in [1.165, 1.54) is 0 Å². The summed E-state index contributed by atoms with van der Waals surface area (Å²) in [5.41, 5.74) is 1.16. The zero-order valence-electron chi connectivity index (χ0n) is 8.45. The van der Waals surface area contributed by atoms with Crippen LogP contribution in [-0.4, -0.2) is 16.2 Å². The van der Waals surface area contributed by atoms with Gasteiger partial charge < -0.3 is 10.2 Å². The van der Waals surface area contributed by atoms with Gasteiger partial charge in [-0.25, -0.2) is 0 Å². The largest absolute Gasteiger partial charge is 0.481 e. The molecule has 0 amide bonds. The van der Waals surface area contributed by atoms with Gasteiger partial charge in [-0.15, -0.1) is 0 Å². The SMILES string of the molecule is CC(=O)O.OCc1ccccc1C(Cl)(Cl)Cl. The normalized spacial score (nSPS) is 10.3. The van der Waals surface area contributed by atoms with E-state index in [0.29, 0.717) is 11.1 Å². The second-order valence-corrected chi connectivity index (χ2v) is 5.11. The van der Waals surface area contributed by atoms with Crippen molar-refractivity contribution in [1.29, 1.82) is 0 Å². The van der Waals surface area contributed by atoms with Gasteiger partial charge in [0.2, 0.25) is 3.79 Å². The number of carboxylic acid groups (broad SMARTS) is 1. The van der Waals surface area contributed by atoms with E-state index in [1.54, 1.807) is 24.3 Å². The van der Waals surface area contributed by atoms with Crippen molar-refractivity contribution in [2.75, 3.05) is 0 Å². The van der Waals surface area contributed by atoms with Crippen molar-refractivity contribution in [2.24, 2.45) is 0 Å². The highest BCUT2D eigenvalue weighted by molar-refractivity contribution is 6.66. The van der Waals surface area contributed by atoms with Gasteiger partial charge >= 0.3 is 0 Å². The Morgan fingerprint density at radius 1 is 1.31 bits per heavy atom. The molecule has 2 N–H and O–H groups in total. The molecule has 6 heteroatoms. The van der Waals surface area contributed by atoms with Crippen molar-refractivity contribution < 1.29 is 15.0 Å². The Labute approximate surface area is 109 Å². The Morgan fingerprint density at radius 3 is 2.06 bits per heavy atom. The topological polar surface area (TPSA) is 57.5 Å². The third-order valence-electron chi connectivity index (χ3n) is 1.49. The lowest BCUT2D eigenvalue weighted by molar-refractivity contribution is -0.134. The molecule has 0 aliphatic carbocycles. The molecule has 0 saturated heterocycles. The van der Waals surface area contributed by atoms with Gasteiger partial charge in [0.15, 0.2) is 0 Å². The smallest absolute Gasteiger partial charge is 0.300 e. The summed E-state index contributed by atoms with van der Waals surface area (Å²) in [7, 11) is 0. The highest BCUT2D eigenvalue weighted by atomic mass is 35.6. The number of hydrogen-bond acceptors (Lipinski definition) is 2. The van der Waals surface area contributed by atoms with Gasteiger partial charge in [0.05, 0.1) is 6.61 Å². The van der Waals surface area contributed by atoms with Crippen molar-refractivity contribution >= 4 is 40.8 Å². The Balaban J connectivity index is 0.000000487. The molecule has 90 valence electrons. The van der Waals surface area contributed by atoms with E-state index in [1.807, 2.05) is 0 Å². The van der Waals surface area contributed by atoms with E-state index < -0.39 is 9.76 Å². The summed E-state index contributed by atoms with van der Waals surface area (Å²) in [6, 6.07) is 6.94. The van der Waals surface area contributed by atoms with Gasteiger partial charge in [-0.2, -0.15) is 0 Å². The van der Waals surface area contributed by atoms with E-state index in [-0.39, 0.29) is 6.61 Å². The number of halogens is 3. The molecule has 0 fully saturated rings. The fourth-order valence-corrected chi connectivity index (χ4v) is 1.49. The molecular weight excluding hydrogens is 274 g/mol. The number of carbonyl (C=O) groups is 1. The van der Waals surface area contributed by atoms with Gasteiger partial charge in [-0.3, -0.25) is 4.79 Å². The maximum Gasteiger partial charge on any atom is 0.300 e. The number of carboxylic acids is 1. The Morgan fingerprint density at radius 2 is 1.75 bits per heavy atom. The van der Waals surface area contributed by atoms with Gasteiger partial charge in [0, 0.05) is 12.5 Å². The lowest BCUT2D eigenvalue weighted by Crippen LogP contribution is -2.04. The van der Waals surface area contributed by atoms with Gasteiger partial charge in [0.25, 0.3) is 5.97 Å². The molecule has 3 nitrogen and oxygen atoms in total. The monoisotopic (exact) mass is 284 g/mol. The van der Waals surface area contributed by atoms with Crippen LogP contribution in [0.4, 0.5) is 0 Å². The van der Waals surface area contributed by atoms with Crippen molar-refractivity contribution in [3.8, 4) is 0 Å². The average Bonchev–Trinajstić information content (AvgIpc) is 2.15. The van der Waals surface area contributed by atoms with E-state index >= 15 is 0 Å². The molecule has 0 atom stereocenters. The minimum absolute atomic E-state index is 0.121. The van der Waals surface area contributed by atoms with Crippen molar-refractivity contribution in [3.63, 3.8) is 0 Å². The number of benzene rings is 1. The molecule has 1 rings (SSSR count). The van der Waals surface area contributed by atoms with Crippen molar-refractivity contribution in [3.05, 3.63) is 35.4 Å². The predicted molar refractivity (Wildman–Crippen MR) is 64.9 cm³/mol. The molecule has 0 aromatic heterocycles. The van der Waals surface area contributed by atoms with Crippen LogP contribution in [0.15, 0.2) is 24.3 Å². The fraction of sp³-hybridized carbons (Fsp3) is 0.300. The summed E-state index contributed by atoms with van der Waals surface area (Å²) in [5.74, 6) is -0.833. The summed E-state index contributed by atoms with van der Waals surface area (Å²) in [6.07, 6.45) is 0.